The number of nitrogens with one attached hydrogen (secondary N) is 2. The van der Waals surface area contributed by atoms with E-state index in [-0.39, 0.29) is 0 Å². The van der Waals surface area contributed by atoms with Gasteiger partial charge in [-0.05, 0) is 13.1 Å². The summed E-state index contributed by atoms with van der Waals surface area (Å²) >= 11 is 0. The highest BCUT2D eigenvalue weighted by atomic mass is 16.5. The summed E-state index contributed by atoms with van der Waals surface area (Å²) in [5.41, 5.74) is 1.24. The van der Waals surface area contributed by atoms with E-state index in [0.29, 0.717) is 6.04 Å². The molecule has 18 heavy (non-hydrogen) atoms. The molecule has 1 aliphatic rings. The number of likely N-dealkylation sites (N-methyl/N-ethyl adjacent to an activating group) is 1. The van der Waals surface area contributed by atoms with Crippen LogP contribution in [0.5, 0.6) is 5.75 Å². The van der Waals surface area contributed by atoms with E-state index in [1.54, 1.807) is 7.11 Å². The maximum absolute atomic E-state index is 5.45. The molecule has 1 fully saturated rings. The molecule has 0 spiro atoms. The third-order valence-corrected chi connectivity index (χ3v) is 3.51. The van der Waals surface area contributed by atoms with Crippen LogP contribution in [0.25, 0.3) is 0 Å². The number of hydrogen-bond donors (Lipinski definition) is 2. The van der Waals surface area contributed by atoms with Crippen LogP contribution < -0.4 is 15.4 Å². The molecule has 0 amide bonds. The van der Waals surface area contributed by atoms with Gasteiger partial charge >= 0.3 is 0 Å². The van der Waals surface area contributed by atoms with Crippen molar-refractivity contribution in [2.45, 2.75) is 6.04 Å². The van der Waals surface area contributed by atoms with Crippen molar-refractivity contribution in [1.29, 1.82) is 0 Å². The predicted molar refractivity (Wildman–Crippen MR) is 74.1 cm³/mol. The summed E-state index contributed by atoms with van der Waals surface area (Å²) in [4.78, 5) is 2.49. The molecule has 4 heteroatoms. The van der Waals surface area contributed by atoms with Crippen molar-refractivity contribution in [3.63, 3.8) is 0 Å². The molecule has 0 aromatic heterocycles. The molecule has 2 N–H and O–H groups in total. The number of benzene rings is 1. The van der Waals surface area contributed by atoms with Gasteiger partial charge in [-0.1, -0.05) is 18.2 Å². The van der Waals surface area contributed by atoms with Gasteiger partial charge in [-0.25, -0.2) is 0 Å². The second-order valence-corrected chi connectivity index (χ2v) is 4.63. The Morgan fingerprint density at radius 3 is 2.72 bits per heavy atom. The van der Waals surface area contributed by atoms with Crippen LogP contribution in [-0.2, 0) is 0 Å². The van der Waals surface area contributed by atoms with E-state index in [2.05, 4.69) is 27.7 Å². The second-order valence-electron chi connectivity index (χ2n) is 4.63. The number of ether oxygens (including phenoxy) is 1. The molecule has 0 radical (unpaired) electrons. The van der Waals surface area contributed by atoms with Gasteiger partial charge in [-0.2, -0.15) is 0 Å². The first-order valence-electron chi connectivity index (χ1n) is 6.58. The highest BCUT2D eigenvalue weighted by Crippen LogP contribution is 2.25. The molecule has 1 saturated heterocycles. The van der Waals surface area contributed by atoms with Crippen LogP contribution in [0.3, 0.4) is 0 Å². The minimum Gasteiger partial charge on any atom is -0.496 e. The van der Waals surface area contributed by atoms with Crippen molar-refractivity contribution in [3.05, 3.63) is 29.8 Å². The molecule has 1 heterocycles. The summed E-state index contributed by atoms with van der Waals surface area (Å²) in [6.45, 7) is 5.43. The van der Waals surface area contributed by atoms with Gasteiger partial charge < -0.3 is 15.4 Å². The van der Waals surface area contributed by atoms with Crippen LogP contribution in [0, 0.1) is 0 Å². The highest BCUT2D eigenvalue weighted by Gasteiger charge is 2.18. The van der Waals surface area contributed by atoms with Crippen molar-refractivity contribution in [1.82, 2.24) is 15.5 Å². The van der Waals surface area contributed by atoms with E-state index < -0.39 is 0 Å². The fourth-order valence-corrected chi connectivity index (χ4v) is 2.45. The number of hydrogen-bond acceptors (Lipinski definition) is 4. The summed E-state index contributed by atoms with van der Waals surface area (Å²) in [7, 11) is 3.75. The smallest absolute Gasteiger partial charge is 0.123 e. The molecule has 0 bridgehead atoms. The van der Waals surface area contributed by atoms with Crippen molar-refractivity contribution in [2.75, 3.05) is 46.9 Å². The van der Waals surface area contributed by atoms with Crippen LogP contribution in [0.1, 0.15) is 11.6 Å². The first-order chi connectivity index (χ1) is 8.85. The van der Waals surface area contributed by atoms with Gasteiger partial charge in [-0.3, -0.25) is 4.90 Å². The zero-order chi connectivity index (χ0) is 12.8. The minimum atomic E-state index is 0.319. The Labute approximate surface area is 109 Å². The molecule has 1 aliphatic heterocycles. The maximum Gasteiger partial charge on any atom is 0.123 e. The normalized spacial score (nSPS) is 18.6. The van der Waals surface area contributed by atoms with Crippen LogP contribution in [0.2, 0.25) is 0 Å². The largest absolute Gasteiger partial charge is 0.496 e. The van der Waals surface area contributed by atoms with E-state index in [1.165, 1.54) is 5.56 Å². The third-order valence-electron chi connectivity index (χ3n) is 3.51. The van der Waals surface area contributed by atoms with E-state index in [0.717, 1.165) is 38.5 Å². The van der Waals surface area contributed by atoms with E-state index in [4.69, 9.17) is 4.74 Å². The van der Waals surface area contributed by atoms with E-state index in [9.17, 15) is 0 Å². The fraction of sp³-hybridized carbons (Fsp3) is 0.571. The summed E-state index contributed by atoms with van der Waals surface area (Å²) in [5, 5.41) is 6.78. The molecule has 2 rings (SSSR count). The van der Waals surface area contributed by atoms with Crippen LogP contribution in [0.15, 0.2) is 24.3 Å². The van der Waals surface area contributed by atoms with Crippen molar-refractivity contribution in [3.8, 4) is 5.75 Å². The lowest BCUT2D eigenvalue weighted by Gasteiger charge is -2.31. The minimum absolute atomic E-state index is 0.319. The Morgan fingerprint density at radius 1 is 1.33 bits per heavy atom. The summed E-state index contributed by atoms with van der Waals surface area (Å²) in [6.07, 6.45) is 0. The summed E-state index contributed by atoms with van der Waals surface area (Å²) < 4.78 is 5.45. The Morgan fingerprint density at radius 2 is 2.06 bits per heavy atom. The Balaban J connectivity index is 2.07. The number of para-hydroxylation sites is 1. The molecular weight excluding hydrogens is 226 g/mol. The fourth-order valence-electron chi connectivity index (χ4n) is 2.45. The Bertz CT molecular complexity index is 364. The molecule has 4 nitrogen and oxygen atoms in total. The summed E-state index contributed by atoms with van der Waals surface area (Å²) in [5.74, 6) is 0.965. The number of piperazine rings is 1. The molecule has 1 atom stereocenters. The van der Waals surface area contributed by atoms with Gasteiger partial charge in [0, 0.05) is 44.3 Å². The SMILES string of the molecule is CNC(CN1CCNCC1)c1ccccc1OC. The lowest BCUT2D eigenvalue weighted by molar-refractivity contribution is 0.217. The number of methoxy groups -OCH3 is 1. The molecule has 0 saturated carbocycles. The zero-order valence-corrected chi connectivity index (χ0v) is 11.3. The van der Waals surface area contributed by atoms with Crippen molar-refractivity contribution < 1.29 is 4.74 Å². The number of rotatable bonds is 5. The van der Waals surface area contributed by atoms with Gasteiger partial charge in [-0.15, -0.1) is 0 Å². The second kappa shape index (κ2) is 6.73. The standard InChI is InChI=1S/C14H23N3O/c1-15-13(11-17-9-7-16-8-10-17)12-5-3-4-6-14(12)18-2/h3-6,13,15-16H,7-11H2,1-2H3. The first kappa shape index (κ1) is 13.3. The van der Waals surface area contributed by atoms with Crippen LogP contribution >= 0.6 is 0 Å². The molecule has 100 valence electrons. The molecule has 1 aromatic carbocycles. The predicted octanol–water partition coefficient (Wildman–Crippen LogP) is 0.861. The first-order valence-corrected chi connectivity index (χ1v) is 6.58. The lowest BCUT2D eigenvalue weighted by Crippen LogP contribution is -2.46. The zero-order valence-electron chi connectivity index (χ0n) is 11.3. The topological polar surface area (TPSA) is 36.5 Å². The maximum atomic E-state index is 5.45. The van der Waals surface area contributed by atoms with Crippen molar-refractivity contribution >= 4 is 0 Å². The Kier molecular flexibility index (Phi) is 4.99. The highest BCUT2D eigenvalue weighted by molar-refractivity contribution is 5.36. The average Bonchev–Trinajstić information content (AvgIpc) is 2.46. The molecular formula is C14H23N3O. The van der Waals surface area contributed by atoms with E-state index >= 15 is 0 Å². The monoisotopic (exact) mass is 249 g/mol. The van der Waals surface area contributed by atoms with Gasteiger partial charge in [0.15, 0.2) is 0 Å². The third kappa shape index (κ3) is 3.22. The summed E-state index contributed by atoms with van der Waals surface area (Å²) in [6, 6.07) is 8.57. The lowest BCUT2D eigenvalue weighted by atomic mass is 10.0. The van der Waals surface area contributed by atoms with Crippen LogP contribution in [0.4, 0.5) is 0 Å². The van der Waals surface area contributed by atoms with Gasteiger partial charge in [0.25, 0.3) is 0 Å². The molecule has 0 aliphatic carbocycles. The van der Waals surface area contributed by atoms with Gasteiger partial charge in [0.1, 0.15) is 5.75 Å². The van der Waals surface area contributed by atoms with Gasteiger partial charge in [0.2, 0.25) is 0 Å². The van der Waals surface area contributed by atoms with Crippen LogP contribution in [-0.4, -0.2) is 51.8 Å². The number of nitrogens with zero attached hydrogens (tertiary/aromatic N) is 1. The van der Waals surface area contributed by atoms with Crippen molar-refractivity contribution in [2.24, 2.45) is 0 Å². The Hall–Kier alpha value is -1.10. The quantitative estimate of drug-likeness (QED) is 0.811. The average molecular weight is 249 g/mol. The van der Waals surface area contributed by atoms with Gasteiger partial charge in [0.05, 0.1) is 7.11 Å². The van der Waals surface area contributed by atoms with E-state index in [1.807, 2.05) is 19.2 Å². The molecule has 1 aromatic rings. The molecule has 1 unspecified atom stereocenters.